The van der Waals surface area contributed by atoms with Crippen LogP contribution < -0.4 is 31.4 Å². The summed E-state index contributed by atoms with van der Waals surface area (Å²) in [6.45, 7) is 4.20. The third-order valence-corrected chi connectivity index (χ3v) is 8.18. The highest BCUT2D eigenvalue weighted by Crippen LogP contribution is 2.28. The minimum Gasteiger partial charge on any atom is -0.493 e. The summed E-state index contributed by atoms with van der Waals surface area (Å²) in [6, 6.07) is 17.9. The first kappa shape index (κ1) is 31.0. The van der Waals surface area contributed by atoms with Crippen LogP contribution in [0.5, 0.6) is 11.5 Å². The van der Waals surface area contributed by atoms with Gasteiger partial charge in [0.1, 0.15) is 17.3 Å². The van der Waals surface area contributed by atoms with Crippen LogP contribution in [0, 0.1) is 18.6 Å². The third kappa shape index (κ3) is 6.39. The van der Waals surface area contributed by atoms with E-state index in [4.69, 9.17) is 15.2 Å². The Balaban J connectivity index is 1.46. The number of ether oxygens (including phenoxy) is 2. The van der Waals surface area contributed by atoms with Gasteiger partial charge >= 0.3 is 5.69 Å². The lowest BCUT2D eigenvalue weighted by Gasteiger charge is -2.37. The van der Waals surface area contributed by atoms with Crippen molar-refractivity contribution >= 4 is 5.69 Å². The van der Waals surface area contributed by atoms with E-state index in [0.29, 0.717) is 55.6 Å². The maximum absolute atomic E-state index is 14.7. The molecule has 11 heteroatoms. The number of piperazine rings is 1. The van der Waals surface area contributed by atoms with Crippen molar-refractivity contribution in [1.82, 2.24) is 14.0 Å². The SMILES string of the molecule is COc1ccc(CN2CCN(c3c(C)n(Cc4c(F)cccc4F)c(=O)n(C[C@H](N)c4ccccc4)c3=O)CC2)cc1OC. The molecule has 1 aromatic heterocycles. The Morgan fingerprint density at radius 3 is 2.11 bits per heavy atom. The van der Waals surface area contributed by atoms with Crippen molar-refractivity contribution < 1.29 is 18.3 Å². The van der Waals surface area contributed by atoms with Gasteiger partial charge in [-0.3, -0.25) is 18.8 Å². The van der Waals surface area contributed by atoms with Gasteiger partial charge in [-0.1, -0.05) is 42.5 Å². The minimum atomic E-state index is -0.764. The zero-order chi connectivity index (χ0) is 31.4. The maximum Gasteiger partial charge on any atom is 0.331 e. The summed E-state index contributed by atoms with van der Waals surface area (Å²) in [6.07, 6.45) is 0. The summed E-state index contributed by atoms with van der Waals surface area (Å²) >= 11 is 0. The topological polar surface area (TPSA) is 95.0 Å². The summed E-state index contributed by atoms with van der Waals surface area (Å²) in [5, 5.41) is 0. The summed E-state index contributed by atoms with van der Waals surface area (Å²) in [4.78, 5) is 32.0. The molecular formula is C33H37F2N5O4. The van der Waals surface area contributed by atoms with Crippen molar-refractivity contribution in [2.45, 2.75) is 32.6 Å². The van der Waals surface area contributed by atoms with E-state index in [-0.39, 0.29) is 18.7 Å². The van der Waals surface area contributed by atoms with Crippen LogP contribution >= 0.6 is 0 Å². The number of hydrogen-bond donors (Lipinski definition) is 1. The Labute approximate surface area is 254 Å². The van der Waals surface area contributed by atoms with Crippen LogP contribution in [0.4, 0.5) is 14.5 Å². The van der Waals surface area contributed by atoms with Gasteiger partial charge in [0, 0.05) is 50.0 Å². The summed E-state index contributed by atoms with van der Waals surface area (Å²) < 4.78 is 42.6. The molecule has 0 radical (unpaired) electrons. The Kier molecular flexibility index (Phi) is 9.46. The number of benzene rings is 3. The van der Waals surface area contributed by atoms with E-state index in [9.17, 15) is 18.4 Å². The molecule has 4 aromatic rings. The lowest BCUT2D eigenvalue weighted by Crippen LogP contribution is -2.51. The van der Waals surface area contributed by atoms with Gasteiger partial charge in [-0.2, -0.15) is 0 Å². The Morgan fingerprint density at radius 1 is 0.818 bits per heavy atom. The van der Waals surface area contributed by atoms with E-state index in [0.717, 1.165) is 27.8 Å². The Morgan fingerprint density at radius 2 is 1.48 bits per heavy atom. The fraction of sp³-hybridized carbons (Fsp3) is 0.333. The van der Waals surface area contributed by atoms with Gasteiger partial charge in [0.15, 0.2) is 11.5 Å². The number of halogens is 2. The number of anilines is 1. The largest absolute Gasteiger partial charge is 0.493 e. The van der Waals surface area contributed by atoms with Gasteiger partial charge in [0.2, 0.25) is 0 Å². The van der Waals surface area contributed by atoms with Crippen molar-refractivity contribution in [3.05, 3.63) is 122 Å². The van der Waals surface area contributed by atoms with Crippen molar-refractivity contribution in [2.24, 2.45) is 5.73 Å². The number of nitrogens with two attached hydrogens (primary N) is 1. The molecule has 3 aromatic carbocycles. The lowest BCUT2D eigenvalue weighted by atomic mass is 10.1. The lowest BCUT2D eigenvalue weighted by molar-refractivity contribution is 0.248. The first-order valence-electron chi connectivity index (χ1n) is 14.5. The molecule has 0 amide bonds. The van der Waals surface area contributed by atoms with Gasteiger partial charge in [-0.05, 0) is 42.3 Å². The van der Waals surface area contributed by atoms with Crippen LogP contribution in [0.25, 0.3) is 0 Å². The molecule has 0 bridgehead atoms. The fourth-order valence-corrected chi connectivity index (χ4v) is 5.71. The Hall–Kier alpha value is -4.48. The van der Waals surface area contributed by atoms with E-state index < -0.39 is 28.9 Å². The molecular weight excluding hydrogens is 568 g/mol. The first-order valence-corrected chi connectivity index (χ1v) is 14.5. The molecule has 5 rings (SSSR count). The molecule has 2 N–H and O–H groups in total. The van der Waals surface area contributed by atoms with Crippen molar-refractivity contribution in [1.29, 1.82) is 0 Å². The molecule has 0 aliphatic carbocycles. The highest BCUT2D eigenvalue weighted by Gasteiger charge is 2.27. The van der Waals surface area contributed by atoms with Crippen molar-refractivity contribution in [2.75, 3.05) is 45.3 Å². The molecule has 1 saturated heterocycles. The Bertz CT molecular complexity index is 1710. The zero-order valence-electron chi connectivity index (χ0n) is 25.1. The van der Waals surface area contributed by atoms with E-state index >= 15 is 0 Å². The standard InChI is InChI=1S/C33H37F2N5O4/c1-22-31(38-16-14-37(15-17-38)19-23-12-13-29(43-2)30(18-23)44-3)32(41)40(21-28(36)24-8-5-4-6-9-24)33(42)39(22)20-25-26(34)10-7-11-27(25)35/h4-13,18,28H,14-17,19-21,36H2,1-3H3/t28-/m0/s1. The summed E-state index contributed by atoms with van der Waals surface area (Å²) in [5.74, 6) is -0.215. The molecule has 0 unspecified atom stereocenters. The maximum atomic E-state index is 14.7. The first-order chi connectivity index (χ1) is 21.2. The molecule has 1 aliphatic heterocycles. The van der Waals surface area contributed by atoms with E-state index in [1.54, 1.807) is 21.1 Å². The van der Waals surface area contributed by atoms with E-state index in [2.05, 4.69) is 4.90 Å². The average Bonchev–Trinajstić information content (AvgIpc) is 3.03. The highest BCUT2D eigenvalue weighted by molar-refractivity contribution is 5.50. The molecule has 1 aliphatic rings. The molecule has 9 nitrogen and oxygen atoms in total. The van der Waals surface area contributed by atoms with Gasteiger partial charge in [-0.25, -0.2) is 13.6 Å². The number of methoxy groups -OCH3 is 2. The van der Waals surface area contributed by atoms with Gasteiger partial charge < -0.3 is 20.1 Å². The van der Waals surface area contributed by atoms with Gasteiger partial charge in [-0.15, -0.1) is 0 Å². The van der Waals surface area contributed by atoms with E-state index in [1.807, 2.05) is 53.4 Å². The van der Waals surface area contributed by atoms with Crippen LogP contribution in [0.15, 0.2) is 76.3 Å². The van der Waals surface area contributed by atoms with Crippen molar-refractivity contribution in [3.8, 4) is 11.5 Å². The average molecular weight is 606 g/mol. The van der Waals surface area contributed by atoms with Gasteiger partial charge in [0.25, 0.3) is 5.56 Å². The number of hydrogen-bond acceptors (Lipinski definition) is 7. The summed E-state index contributed by atoms with van der Waals surface area (Å²) in [7, 11) is 3.19. The third-order valence-electron chi connectivity index (χ3n) is 8.18. The quantitative estimate of drug-likeness (QED) is 0.295. The zero-order valence-corrected chi connectivity index (χ0v) is 25.1. The van der Waals surface area contributed by atoms with Crippen LogP contribution in [-0.2, 0) is 19.6 Å². The van der Waals surface area contributed by atoms with Crippen LogP contribution in [0.2, 0.25) is 0 Å². The molecule has 232 valence electrons. The molecule has 0 spiro atoms. The molecule has 44 heavy (non-hydrogen) atoms. The number of nitrogens with zero attached hydrogens (tertiary/aromatic N) is 4. The second-order valence-electron chi connectivity index (χ2n) is 10.9. The van der Waals surface area contributed by atoms with Crippen LogP contribution in [-0.4, -0.2) is 54.4 Å². The van der Waals surface area contributed by atoms with Crippen molar-refractivity contribution in [3.63, 3.8) is 0 Å². The monoisotopic (exact) mass is 605 g/mol. The fourth-order valence-electron chi connectivity index (χ4n) is 5.71. The molecule has 2 heterocycles. The normalized spacial score (nSPS) is 14.5. The predicted octanol–water partition coefficient (Wildman–Crippen LogP) is 3.68. The molecule has 0 saturated carbocycles. The smallest absolute Gasteiger partial charge is 0.331 e. The van der Waals surface area contributed by atoms with E-state index in [1.165, 1.54) is 10.6 Å². The second-order valence-corrected chi connectivity index (χ2v) is 10.9. The second kappa shape index (κ2) is 13.4. The summed E-state index contributed by atoms with van der Waals surface area (Å²) in [5.41, 5.74) is 7.55. The van der Waals surface area contributed by atoms with Gasteiger partial charge in [0.05, 0.1) is 27.3 Å². The molecule has 1 fully saturated rings. The van der Waals surface area contributed by atoms with Crippen LogP contribution in [0.3, 0.4) is 0 Å². The highest BCUT2D eigenvalue weighted by atomic mass is 19.1. The number of aromatic nitrogens is 2. The minimum absolute atomic E-state index is 0.0893. The molecule has 1 atom stereocenters. The number of rotatable bonds is 10. The van der Waals surface area contributed by atoms with Crippen LogP contribution in [0.1, 0.15) is 28.4 Å². The predicted molar refractivity (Wildman–Crippen MR) is 166 cm³/mol.